The van der Waals surface area contributed by atoms with Crippen molar-refractivity contribution < 1.29 is 9.53 Å². The van der Waals surface area contributed by atoms with Gasteiger partial charge in [0.15, 0.2) is 0 Å². The maximum absolute atomic E-state index is 11.4. The Morgan fingerprint density at radius 1 is 1.56 bits per heavy atom. The monoisotopic (exact) mass is 220 g/mol. The summed E-state index contributed by atoms with van der Waals surface area (Å²) in [7, 11) is 0. The van der Waals surface area contributed by atoms with Gasteiger partial charge >= 0.3 is 0 Å². The molecule has 1 amide bonds. The predicted molar refractivity (Wildman–Crippen MR) is 62.4 cm³/mol. The van der Waals surface area contributed by atoms with Crippen molar-refractivity contribution in [1.82, 2.24) is 0 Å². The summed E-state index contributed by atoms with van der Waals surface area (Å²) < 4.78 is 5.46. The van der Waals surface area contributed by atoms with Gasteiger partial charge in [0.2, 0.25) is 5.91 Å². The molecule has 1 aromatic carbocycles. The van der Waals surface area contributed by atoms with Gasteiger partial charge in [-0.05, 0) is 24.1 Å². The number of nitrogens with one attached hydrogen (secondary N) is 1. The molecule has 0 saturated heterocycles. The molecule has 4 nitrogen and oxygen atoms in total. The third-order valence-electron chi connectivity index (χ3n) is 2.73. The van der Waals surface area contributed by atoms with Crippen LogP contribution in [-0.4, -0.2) is 12.5 Å². The van der Waals surface area contributed by atoms with Crippen LogP contribution in [0.3, 0.4) is 0 Å². The van der Waals surface area contributed by atoms with Crippen LogP contribution in [0.2, 0.25) is 0 Å². The topological polar surface area (TPSA) is 64.3 Å². The van der Waals surface area contributed by atoms with Crippen molar-refractivity contribution in [2.75, 3.05) is 11.9 Å². The van der Waals surface area contributed by atoms with Crippen LogP contribution >= 0.6 is 0 Å². The summed E-state index contributed by atoms with van der Waals surface area (Å²) in [5.41, 5.74) is 7.69. The normalized spacial score (nSPS) is 16.8. The quantitative estimate of drug-likeness (QED) is 0.799. The Hall–Kier alpha value is -1.55. The molecule has 0 bridgehead atoms. The molecule has 0 fully saturated rings. The zero-order valence-electron chi connectivity index (χ0n) is 9.32. The number of anilines is 1. The van der Waals surface area contributed by atoms with Gasteiger partial charge in [0.1, 0.15) is 5.75 Å². The molecule has 1 atom stereocenters. The average Bonchev–Trinajstić information content (AvgIpc) is 2.47. The lowest BCUT2D eigenvalue weighted by Crippen LogP contribution is -2.12. The molecule has 1 aromatic rings. The maximum Gasteiger partial charge on any atom is 0.227 e. The molecule has 0 radical (unpaired) electrons. The average molecular weight is 220 g/mol. The van der Waals surface area contributed by atoms with Crippen molar-refractivity contribution in [3.8, 4) is 5.75 Å². The summed E-state index contributed by atoms with van der Waals surface area (Å²) >= 11 is 0. The van der Waals surface area contributed by atoms with Gasteiger partial charge in [-0.2, -0.15) is 0 Å². The second-order valence-electron chi connectivity index (χ2n) is 3.92. The number of carbonyl (C=O) groups is 1. The van der Waals surface area contributed by atoms with Crippen LogP contribution in [0.1, 0.15) is 31.4 Å². The first kappa shape index (κ1) is 11.0. The van der Waals surface area contributed by atoms with E-state index in [0.29, 0.717) is 13.0 Å². The number of nitrogens with two attached hydrogens (primary N) is 1. The number of benzene rings is 1. The summed E-state index contributed by atoms with van der Waals surface area (Å²) in [6.07, 6.45) is 1.26. The van der Waals surface area contributed by atoms with E-state index in [2.05, 4.69) is 5.32 Å². The lowest BCUT2D eigenvalue weighted by Gasteiger charge is -2.13. The SMILES string of the molecule is CCC(N)c1ccc2c(c1)NC(=O)CCO2. The van der Waals surface area contributed by atoms with Gasteiger partial charge < -0.3 is 15.8 Å². The van der Waals surface area contributed by atoms with Gasteiger partial charge in [-0.15, -0.1) is 0 Å². The molecule has 1 unspecified atom stereocenters. The lowest BCUT2D eigenvalue weighted by atomic mass is 10.0. The largest absolute Gasteiger partial charge is 0.491 e. The molecule has 0 aromatic heterocycles. The molecule has 0 spiro atoms. The Labute approximate surface area is 94.8 Å². The summed E-state index contributed by atoms with van der Waals surface area (Å²) in [4.78, 5) is 11.4. The fourth-order valence-electron chi connectivity index (χ4n) is 1.70. The second kappa shape index (κ2) is 4.53. The molecule has 0 aliphatic carbocycles. The third-order valence-corrected chi connectivity index (χ3v) is 2.73. The number of ether oxygens (including phenoxy) is 1. The number of rotatable bonds is 2. The van der Waals surface area contributed by atoms with E-state index in [-0.39, 0.29) is 11.9 Å². The van der Waals surface area contributed by atoms with Crippen molar-refractivity contribution in [3.63, 3.8) is 0 Å². The zero-order valence-corrected chi connectivity index (χ0v) is 9.32. The molecule has 2 rings (SSSR count). The molecule has 86 valence electrons. The van der Waals surface area contributed by atoms with Crippen LogP contribution in [0.5, 0.6) is 5.75 Å². The van der Waals surface area contributed by atoms with Crippen molar-refractivity contribution in [1.29, 1.82) is 0 Å². The van der Waals surface area contributed by atoms with E-state index in [1.807, 2.05) is 25.1 Å². The third kappa shape index (κ3) is 2.17. The molecule has 1 heterocycles. The van der Waals surface area contributed by atoms with E-state index in [9.17, 15) is 4.79 Å². The molecule has 3 N–H and O–H groups in total. The van der Waals surface area contributed by atoms with Crippen molar-refractivity contribution in [2.24, 2.45) is 5.73 Å². The van der Waals surface area contributed by atoms with Crippen molar-refractivity contribution >= 4 is 11.6 Å². The summed E-state index contributed by atoms with van der Waals surface area (Å²) in [5, 5.41) is 2.82. The summed E-state index contributed by atoms with van der Waals surface area (Å²) in [5.74, 6) is 0.707. The highest BCUT2D eigenvalue weighted by atomic mass is 16.5. The van der Waals surface area contributed by atoms with Gasteiger partial charge in [-0.1, -0.05) is 13.0 Å². The first-order valence-corrected chi connectivity index (χ1v) is 5.53. The van der Waals surface area contributed by atoms with E-state index in [1.54, 1.807) is 0 Å². The summed E-state index contributed by atoms with van der Waals surface area (Å²) in [6, 6.07) is 5.72. The molecular weight excluding hydrogens is 204 g/mol. The van der Waals surface area contributed by atoms with E-state index in [4.69, 9.17) is 10.5 Å². The van der Waals surface area contributed by atoms with Gasteiger partial charge in [0.05, 0.1) is 18.7 Å². The van der Waals surface area contributed by atoms with E-state index in [0.717, 1.165) is 23.4 Å². The highest BCUT2D eigenvalue weighted by Gasteiger charge is 2.15. The number of carbonyl (C=O) groups excluding carboxylic acids is 1. The first-order valence-electron chi connectivity index (χ1n) is 5.53. The smallest absolute Gasteiger partial charge is 0.227 e. The van der Waals surface area contributed by atoms with E-state index in [1.165, 1.54) is 0 Å². The molecular formula is C12H16N2O2. The second-order valence-corrected chi connectivity index (χ2v) is 3.92. The predicted octanol–water partition coefficient (Wildman–Crippen LogP) is 1.82. The minimum absolute atomic E-state index is 0.00505. The Kier molecular flexibility index (Phi) is 3.10. The van der Waals surface area contributed by atoms with Crippen molar-refractivity contribution in [3.05, 3.63) is 23.8 Å². The fraction of sp³-hybridized carbons (Fsp3) is 0.417. The van der Waals surface area contributed by atoms with Gasteiger partial charge in [0.25, 0.3) is 0 Å². The van der Waals surface area contributed by atoms with Crippen LogP contribution in [0, 0.1) is 0 Å². The van der Waals surface area contributed by atoms with E-state index < -0.39 is 0 Å². The van der Waals surface area contributed by atoms with Crippen LogP contribution < -0.4 is 15.8 Å². The van der Waals surface area contributed by atoms with Gasteiger partial charge in [0, 0.05) is 6.04 Å². The van der Waals surface area contributed by atoms with Gasteiger partial charge in [-0.25, -0.2) is 0 Å². The molecule has 1 aliphatic heterocycles. The van der Waals surface area contributed by atoms with Gasteiger partial charge in [-0.3, -0.25) is 4.79 Å². The molecule has 4 heteroatoms. The van der Waals surface area contributed by atoms with E-state index >= 15 is 0 Å². The summed E-state index contributed by atoms with van der Waals surface area (Å²) in [6.45, 7) is 2.46. The van der Waals surface area contributed by atoms with Crippen LogP contribution in [0.25, 0.3) is 0 Å². The number of hydrogen-bond donors (Lipinski definition) is 2. The minimum Gasteiger partial charge on any atom is -0.491 e. The standard InChI is InChI=1S/C12H16N2O2/c1-2-9(13)8-3-4-11-10(7-8)14-12(15)5-6-16-11/h3-4,7,9H,2,5-6,13H2,1H3,(H,14,15). The van der Waals surface area contributed by atoms with Crippen LogP contribution in [0.15, 0.2) is 18.2 Å². The molecule has 0 saturated carbocycles. The Balaban J connectivity index is 2.32. The Morgan fingerprint density at radius 3 is 3.12 bits per heavy atom. The number of fused-ring (bicyclic) bond motifs is 1. The fourth-order valence-corrected chi connectivity index (χ4v) is 1.70. The molecule has 16 heavy (non-hydrogen) atoms. The minimum atomic E-state index is -0.0130. The van der Waals surface area contributed by atoms with Crippen molar-refractivity contribution in [2.45, 2.75) is 25.8 Å². The number of amides is 1. The number of hydrogen-bond acceptors (Lipinski definition) is 3. The highest BCUT2D eigenvalue weighted by molar-refractivity contribution is 5.93. The zero-order chi connectivity index (χ0) is 11.5. The van der Waals surface area contributed by atoms with Crippen LogP contribution in [-0.2, 0) is 4.79 Å². The van der Waals surface area contributed by atoms with Crippen LogP contribution in [0.4, 0.5) is 5.69 Å². The lowest BCUT2D eigenvalue weighted by molar-refractivity contribution is -0.116. The maximum atomic E-state index is 11.4. The Bertz CT molecular complexity index is 404. The molecule has 1 aliphatic rings. The Morgan fingerprint density at radius 2 is 2.38 bits per heavy atom. The highest BCUT2D eigenvalue weighted by Crippen LogP contribution is 2.30. The first-order chi connectivity index (χ1) is 7.70.